The molecule has 0 saturated heterocycles. The van der Waals surface area contributed by atoms with E-state index in [0.29, 0.717) is 0 Å². The first-order chi connectivity index (χ1) is 5.96. The lowest BCUT2D eigenvalue weighted by Crippen LogP contribution is -2.15. The number of rotatable bonds is 2. The molecule has 68 valence electrons. The molecule has 1 aromatic carbocycles. The van der Waals surface area contributed by atoms with Crippen LogP contribution in [-0.2, 0) is 5.86 Å². The summed E-state index contributed by atoms with van der Waals surface area (Å²) in [6.45, 7) is 2.14. The van der Waals surface area contributed by atoms with Gasteiger partial charge in [0, 0.05) is 0 Å². The molecule has 0 aromatic heterocycles. The molecule has 13 heavy (non-hydrogen) atoms. The van der Waals surface area contributed by atoms with Crippen LogP contribution in [0.2, 0.25) is 0 Å². The summed E-state index contributed by atoms with van der Waals surface area (Å²) in [5.41, 5.74) is 3.52. The lowest BCUT2D eigenvalue weighted by molar-refractivity contribution is 1.12. The van der Waals surface area contributed by atoms with Crippen LogP contribution in [0.5, 0.6) is 0 Å². The van der Waals surface area contributed by atoms with Gasteiger partial charge in [-0.1, -0.05) is 30.6 Å². The Hall–Kier alpha value is 1.47. The van der Waals surface area contributed by atoms with E-state index in [1.807, 2.05) is 12.1 Å². The summed E-state index contributed by atoms with van der Waals surface area (Å²) in [7, 11) is 5.92. The Bertz CT molecular complexity index is 304. The maximum atomic E-state index is 5.92. The number of hydrogen-bond donors (Lipinski definition) is 0. The molecule has 0 atom stereocenters. The molecule has 0 N–H and O–H groups in total. The van der Waals surface area contributed by atoms with Crippen molar-refractivity contribution in [2.24, 2.45) is 0 Å². The highest BCUT2D eigenvalue weighted by Gasteiger charge is 2.23. The van der Waals surface area contributed by atoms with Crippen LogP contribution in [0.3, 0.4) is 0 Å². The van der Waals surface area contributed by atoms with Gasteiger partial charge in [-0.05, 0) is 85.3 Å². The van der Waals surface area contributed by atoms with Crippen LogP contribution in [0.15, 0.2) is 18.2 Å². The van der Waals surface area contributed by atoms with Gasteiger partial charge in [0.05, 0.1) is 0 Å². The smallest absolute Gasteiger partial charge is 0.0932 e. The van der Waals surface area contributed by atoms with Crippen molar-refractivity contribution in [3.8, 4) is 0 Å². The van der Waals surface area contributed by atoms with E-state index >= 15 is 0 Å². The van der Waals surface area contributed by atoms with Gasteiger partial charge in [0.15, 0.2) is 0 Å². The number of hydrogen-bond acceptors (Lipinski definition) is 0. The van der Waals surface area contributed by atoms with E-state index in [4.69, 9.17) is 7.85 Å². The number of benzene rings is 1. The van der Waals surface area contributed by atoms with E-state index in [2.05, 4.69) is 80.8 Å². The molecule has 0 unspecified atom stereocenters. The quantitative estimate of drug-likeness (QED) is 0.327. The molecular formula is C9H8BI3. The van der Waals surface area contributed by atoms with Crippen LogP contribution in [0.25, 0.3) is 0 Å². The third kappa shape index (κ3) is 3.22. The molecule has 0 spiro atoms. The van der Waals surface area contributed by atoms with Crippen LogP contribution < -0.4 is 5.46 Å². The Morgan fingerprint density at radius 2 is 1.92 bits per heavy atom. The molecule has 0 amide bonds. The van der Waals surface area contributed by atoms with Crippen LogP contribution >= 0.6 is 67.8 Å². The lowest BCUT2D eigenvalue weighted by atomic mass is 9.87. The normalized spacial score (nSPS) is 11.7. The summed E-state index contributed by atoms with van der Waals surface area (Å²) in [6.07, 6.45) is 0.999. The molecule has 0 saturated carbocycles. The van der Waals surface area contributed by atoms with E-state index < -0.39 is 0 Å². The SMILES string of the molecule is [B]c1cccc(C(I)(I)I)c1CC. The third-order valence-corrected chi connectivity index (χ3v) is 3.61. The molecule has 1 aromatic rings. The fraction of sp³-hybridized carbons (Fsp3) is 0.333. The fourth-order valence-corrected chi connectivity index (χ4v) is 2.78. The Morgan fingerprint density at radius 1 is 1.31 bits per heavy atom. The largest absolute Gasteiger partial charge is 0.149 e. The minimum absolute atomic E-state index is 0.105. The van der Waals surface area contributed by atoms with Gasteiger partial charge in [-0.2, -0.15) is 0 Å². The van der Waals surface area contributed by atoms with Gasteiger partial charge in [0.25, 0.3) is 0 Å². The second-order valence-corrected chi connectivity index (χ2v) is 13.8. The first-order valence-corrected chi connectivity index (χ1v) is 7.15. The van der Waals surface area contributed by atoms with E-state index in [9.17, 15) is 0 Å². The summed E-state index contributed by atoms with van der Waals surface area (Å²) in [5, 5.41) is 0. The molecule has 4 heteroatoms. The highest BCUT2D eigenvalue weighted by molar-refractivity contribution is 14.3. The highest BCUT2D eigenvalue weighted by Crippen LogP contribution is 2.46. The first-order valence-electron chi connectivity index (χ1n) is 3.91. The molecule has 0 heterocycles. The predicted octanol–water partition coefficient (Wildman–Crippen LogP) is 3.46. The topological polar surface area (TPSA) is 0 Å². The maximum Gasteiger partial charge on any atom is 0.149 e. The van der Waals surface area contributed by atoms with Crippen molar-refractivity contribution in [3.63, 3.8) is 0 Å². The van der Waals surface area contributed by atoms with Crippen LogP contribution in [0.4, 0.5) is 0 Å². The van der Waals surface area contributed by atoms with Crippen molar-refractivity contribution in [1.29, 1.82) is 0 Å². The monoisotopic (exact) mass is 508 g/mol. The van der Waals surface area contributed by atoms with Crippen LogP contribution in [0, 0.1) is 0 Å². The lowest BCUT2D eigenvalue weighted by Gasteiger charge is -2.19. The van der Waals surface area contributed by atoms with Crippen LogP contribution in [0.1, 0.15) is 18.1 Å². The number of halogens is 3. The zero-order valence-electron chi connectivity index (χ0n) is 7.15. The zero-order chi connectivity index (χ0) is 10.1. The van der Waals surface area contributed by atoms with Crippen molar-refractivity contribution in [2.75, 3.05) is 0 Å². The van der Waals surface area contributed by atoms with Gasteiger partial charge in [-0.15, -0.1) is 0 Å². The second kappa shape index (κ2) is 5.00. The van der Waals surface area contributed by atoms with E-state index in [-0.39, 0.29) is -0.565 Å². The Labute approximate surface area is 121 Å². The predicted molar refractivity (Wildman–Crippen MR) is 84.9 cm³/mol. The molecular weight excluding hydrogens is 500 g/mol. The average molecular weight is 508 g/mol. The van der Waals surface area contributed by atoms with Crippen LogP contribution in [-0.4, -0.2) is 7.85 Å². The minimum Gasteiger partial charge on any atom is -0.0932 e. The summed E-state index contributed by atoms with van der Waals surface area (Å²) in [4.78, 5) is 0. The molecule has 0 fully saturated rings. The van der Waals surface area contributed by atoms with Gasteiger partial charge in [-0.3, -0.25) is 0 Å². The molecule has 2 radical (unpaired) electrons. The number of alkyl halides is 3. The van der Waals surface area contributed by atoms with Crippen molar-refractivity contribution < 1.29 is 0 Å². The zero-order valence-corrected chi connectivity index (χ0v) is 13.6. The van der Waals surface area contributed by atoms with Crippen molar-refractivity contribution in [1.82, 2.24) is 0 Å². The van der Waals surface area contributed by atoms with Gasteiger partial charge in [0.1, 0.15) is 7.28 Å². The summed E-state index contributed by atoms with van der Waals surface area (Å²) < 4.78 is 0.105. The van der Waals surface area contributed by atoms with Gasteiger partial charge < -0.3 is 0 Å². The summed E-state index contributed by atoms with van der Waals surface area (Å²) >= 11 is 7.28. The minimum atomic E-state index is 0.105. The first kappa shape index (κ1) is 12.5. The fourth-order valence-electron chi connectivity index (χ4n) is 1.26. The maximum absolute atomic E-state index is 5.92. The second-order valence-electron chi connectivity index (χ2n) is 2.72. The van der Waals surface area contributed by atoms with Gasteiger partial charge >= 0.3 is 0 Å². The van der Waals surface area contributed by atoms with Crippen molar-refractivity contribution >= 4 is 81.1 Å². The molecule has 0 aliphatic rings. The standard InChI is InChI=1S/C9H8BI3/c1-2-6-7(9(11,12)13)4-3-5-8(6)10/h3-5H,2H2,1H3. The van der Waals surface area contributed by atoms with E-state index in [1.165, 1.54) is 11.1 Å². The molecule has 0 aliphatic carbocycles. The van der Waals surface area contributed by atoms with E-state index in [1.54, 1.807) is 0 Å². The highest BCUT2D eigenvalue weighted by atomic mass is 127. The van der Waals surface area contributed by atoms with Crippen molar-refractivity contribution in [3.05, 3.63) is 29.3 Å². The Kier molecular flexibility index (Phi) is 4.83. The molecule has 0 aliphatic heterocycles. The molecule has 0 bridgehead atoms. The summed E-state index contributed by atoms with van der Waals surface area (Å²) in [5.74, 6) is 0. The van der Waals surface area contributed by atoms with Gasteiger partial charge in [-0.25, -0.2) is 0 Å². The molecule has 1 rings (SSSR count). The summed E-state index contributed by atoms with van der Waals surface area (Å²) in [6, 6.07) is 6.15. The average Bonchev–Trinajstić information content (AvgIpc) is 2.02. The van der Waals surface area contributed by atoms with Crippen molar-refractivity contribution in [2.45, 2.75) is 12.8 Å². The third-order valence-electron chi connectivity index (χ3n) is 1.87. The van der Waals surface area contributed by atoms with Gasteiger partial charge in [0.2, 0.25) is 0 Å². The Balaban J connectivity index is 3.29. The molecule has 0 nitrogen and oxygen atoms in total. The Morgan fingerprint density at radius 3 is 2.31 bits per heavy atom. The van der Waals surface area contributed by atoms with E-state index in [0.717, 1.165) is 11.9 Å².